The predicted molar refractivity (Wildman–Crippen MR) is 83.3 cm³/mol. The summed E-state index contributed by atoms with van der Waals surface area (Å²) in [4.78, 5) is 1.48. The summed E-state index contributed by atoms with van der Waals surface area (Å²) in [6, 6.07) is 5.55. The van der Waals surface area contributed by atoms with Crippen LogP contribution in [0.3, 0.4) is 0 Å². The number of hydrogen-bond donors (Lipinski definition) is 1. The van der Waals surface area contributed by atoms with E-state index in [4.69, 9.17) is 9.47 Å². The lowest BCUT2D eigenvalue weighted by atomic mass is 9.96. The Hall–Kier alpha value is -1.63. The smallest absolute Gasteiger partial charge is 0.401 e. The molecule has 0 spiro atoms. The van der Waals surface area contributed by atoms with Crippen LogP contribution in [0.5, 0.6) is 11.5 Å². The van der Waals surface area contributed by atoms with Crippen LogP contribution in [0.25, 0.3) is 0 Å². The van der Waals surface area contributed by atoms with Crippen LogP contribution in [0.15, 0.2) is 18.2 Å². The van der Waals surface area contributed by atoms with E-state index in [1.807, 2.05) is 12.1 Å². The zero-order valence-electron chi connectivity index (χ0n) is 13.4. The number of ether oxygens (including phenoxy) is 2. The summed E-state index contributed by atoms with van der Waals surface area (Å²) in [5.41, 5.74) is 0.888. The van der Waals surface area contributed by atoms with Gasteiger partial charge in [0.2, 0.25) is 0 Å². The number of likely N-dealkylation sites (tertiary alicyclic amines) is 1. The first-order valence-corrected chi connectivity index (χ1v) is 7.65. The highest BCUT2D eigenvalue weighted by molar-refractivity contribution is 5.53. The lowest BCUT2D eigenvalue weighted by Gasteiger charge is -2.32. The molecule has 1 aliphatic heterocycles. The molecule has 7 heteroatoms. The molecule has 1 fully saturated rings. The monoisotopic (exact) mass is 332 g/mol. The number of rotatable bonds is 6. The van der Waals surface area contributed by atoms with Gasteiger partial charge < -0.3 is 14.8 Å². The van der Waals surface area contributed by atoms with Gasteiger partial charge in [-0.15, -0.1) is 0 Å². The summed E-state index contributed by atoms with van der Waals surface area (Å²) in [6.45, 7) is 0.914. The first kappa shape index (κ1) is 17.7. The van der Waals surface area contributed by atoms with E-state index >= 15 is 0 Å². The van der Waals surface area contributed by atoms with Crippen LogP contribution in [-0.4, -0.2) is 51.5 Å². The van der Waals surface area contributed by atoms with Gasteiger partial charge in [0.1, 0.15) is 11.5 Å². The van der Waals surface area contributed by atoms with E-state index in [1.165, 1.54) is 4.90 Å². The van der Waals surface area contributed by atoms with Crippen LogP contribution in [0.2, 0.25) is 0 Å². The third-order valence-electron chi connectivity index (χ3n) is 4.06. The fraction of sp³-hybridized carbons (Fsp3) is 0.625. The van der Waals surface area contributed by atoms with Crippen molar-refractivity contribution in [2.75, 3.05) is 45.7 Å². The highest BCUT2D eigenvalue weighted by Gasteiger charge is 2.32. The molecule has 23 heavy (non-hydrogen) atoms. The first-order valence-electron chi connectivity index (χ1n) is 7.65. The van der Waals surface area contributed by atoms with Crippen LogP contribution in [0.1, 0.15) is 12.8 Å². The Morgan fingerprint density at radius 1 is 1.09 bits per heavy atom. The molecule has 1 N–H and O–H groups in total. The van der Waals surface area contributed by atoms with E-state index in [9.17, 15) is 13.2 Å². The minimum Gasteiger partial charge on any atom is -0.497 e. The van der Waals surface area contributed by atoms with Gasteiger partial charge in [0, 0.05) is 30.4 Å². The molecule has 1 heterocycles. The Morgan fingerprint density at radius 3 is 2.13 bits per heavy atom. The quantitative estimate of drug-likeness (QED) is 0.866. The van der Waals surface area contributed by atoms with E-state index in [0.29, 0.717) is 30.5 Å². The Kier molecular flexibility index (Phi) is 5.98. The Balaban J connectivity index is 1.81. The molecule has 2 rings (SSSR count). The van der Waals surface area contributed by atoms with Gasteiger partial charge in [0.05, 0.1) is 20.8 Å². The topological polar surface area (TPSA) is 33.7 Å². The van der Waals surface area contributed by atoms with Gasteiger partial charge in [-0.25, -0.2) is 0 Å². The summed E-state index contributed by atoms with van der Waals surface area (Å²) in [6.07, 6.45) is -2.57. The predicted octanol–water partition coefficient (Wildman–Crippen LogP) is 3.39. The van der Waals surface area contributed by atoms with Crippen LogP contribution < -0.4 is 14.8 Å². The van der Waals surface area contributed by atoms with Gasteiger partial charge in [-0.3, -0.25) is 4.90 Å². The van der Waals surface area contributed by atoms with Crippen molar-refractivity contribution in [2.45, 2.75) is 19.0 Å². The molecule has 0 amide bonds. The molecule has 4 nitrogen and oxygen atoms in total. The highest BCUT2D eigenvalue weighted by atomic mass is 19.4. The maximum absolute atomic E-state index is 12.4. The number of methoxy groups -OCH3 is 2. The molecular weight excluding hydrogens is 309 g/mol. The molecule has 0 aromatic heterocycles. The summed E-state index contributed by atoms with van der Waals surface area (Å²) in [7, 11) is 3.18. The van der Waals surface area contributed by atoms with Crippen LogP contribution >= 0.6 is 0 Å². The Morgan fingerprint density at radius 2 is 1.65 bits per heavy atom. The molecular formula is C16H23F3N2O2. The number of anilines is 1. The minimum absolute atomic E-state index is 0.372. The van der Waals surface area contributed by atoms with Crippen molar-refractivity contribution in [3.63, 3.8) is 0 Å². The fourth-order valence-corrected chi connectivity index (χ4v) is 2.77. The first-order chi connectivity index (χ1) is 10.9. The van der Waals surface area contributed by atoms with Crippen LogP contribution in [0, 0.1) is 5.92 Å². The van der Waals surface area contributed by atoms with Crippen LogP contribution in [0.4, 0.5) is 18.9 Å². The van der Waals surface area contributed by atoms with E-state index in [0.717, 1.165) is 25.1 Å². The SMILES string of the molecule is COc1cc(NCC2CCN(CC(F)(F)F)CC2)cc(OC)c1. The van der Waals surface area contributed by atoms with Gasteiger partial charge in [-0.1, -0.05) is 0 Å². The summed E-state index contributed by atoms with van der Waals surface area (Å²) in [5.74, 6) is 1.77. The molecule has 0 unspecified atom stereocenters. The van der Waals surface area contributed by atoms with Gasteiger partial charge in [-0.05, 0) is 31.8 Å². The second kappa shape index (κ2) is 7.77. The molecule has 0 bridgehead atoms. The lowest BCUT2D eigenvalue weighted by molar-refractivity contribution is -0.148. The van der Waals surface area contributed by atoms with E-state index in [2.05, 4.69) is 5.32 Å². The molecule has 1 aromatic carbocycles. The summed E-state index contributed by atoms with van der Waals surface area (Å²) >= 11 is 0. The van der Waals surface area contributed by atoms with E-state index in [-0.39, 0.29) is 0 Å². The lowest BCUT2D eigenvalue weighted by Crippen LogP contribution is -2.41. The zero-order chi connectivity index (χ0) is 16.9. The molecule has 1 aliphatic rings. The third kappa shape index (κ3) is 5.82. The standard InChI is InChI=1S/C16H23F3N2O2/c1-22-14-7-13(8-15(9-14)23-2)20-10-12-3-5-21(6-4-12)11-16(17,18)19/h7-9,12,20H,3-6,10-11H2,1-2H3. The third-order valence-corrected chi connectivity index (χ3v) is 4.06. The molecule has 1 aromatic rings. The molecule has 0 aliphatic carbocycles. The number of nitrogens with one attached hydrogen (secondary N) is 1. The largest absolute Gasteiger partial charge is 0.497 e. The molecule has 0 saturated carbocycles. The van der Waals surface area contributed by atoms with Crippen molar-refractivity contribution in [1.29, 1.82) is 0 Å². The van der Waals surface area contributed by atoms with Gasteiger partial charge in [0.15, 0.2) is 0 Å². The molecule has 130 valence electrons. The van der Waals surface area contributed by atoms with Gasteiger partial charge in [-0.2, -0.15) is 13.2 Å². The molecule has 0 atom stereocenters. The number of nitrogens with zero attached hydrogens (tertiary/aromatic N) is 1. The van der Waals surface area contributed by atoms with Crippen LogP contribution in [-0.2, 0) is 0 Å². The van der Waals surface area contributed by atoms with E-state index < -0.39 is 12.7 Å². The van der Waals surface area contributed by atoms with Crippen molar-refractivity contribution in [3.05, 3.63) is 18.2 Å². The Bertz CT molecular complexity index is 478. The van der Waals surface area contributed by atoms with Gasteiger partial charge >= 0.3 is 6.18 Å². The number of halogens is 3. The van der Waals surface area contributed by atoms with E-state index in [1.54, 1.807) is 20.3 Å². The highest BCUT2D eigenvalue weighted by Crippen LogP contribution is 2.27. The fourth-order valence-electron chi connectivity index (χ4n) is 2.77. The number of piperidine rings is 1. The Labute approximate surface area is 134 Å². The number of alkyl halides is 3. The summed E-state index contributed by atoms with van der Waals surface area (Å²) < 4.78 is 47.5. The van der Waals surface area contributed by atoms with Crippen molar-refractivity contribution in [3.8, 4) is 11.5 Å². The van der Waals surface area contributed by atoms with Crippen molar-refractivity contribution in [1.82, 2.24) is 4.90 Å². The number of hydrogen-bond acceptors (Lipinski definition) is 4. The second-order valence-corrected chi connectivity index (χ2v) is 5.82. The number of benzene rings is 1. The molecule has 1 saturated heterocycles. The zero-order valence-corrected chi connectivity index (χ0v) is 13.4. The normalized spacial score (nSPS) is 17.1. The van der Waals surface area contributed by atoms with Gasteiger partial charge in [0.25, 0.3) is 0 Å². The van der Waals surface area contributed by atoms with Crippen molar-refractivity contribution < 1.29 is 22.6 Å². The second-order valence-electron chi connectivity index (χ2n) is 5.82. The minimum atomic E-state index is -4.11. The maximum Gasteiger partial charge on any atom is 0.401 e. The summed E-state index contributed by atoms with van der Waals surface area (Å²) in [5, 5.41) is 3.33. The average Bonchev–Trinajstić information content (AvgIpc) is 2.52. The maximum atomic E-state index is 12.4. The van der Waals surface area contributed by atoms with Crippen molar-refractivity contribution >= 4 is 5.69 Å². The average molecular weight is 332 g/mol. The molecule has 0 radical (unpaired) electrons. The van der Waals surface area contributed by atoms with Crippen molar-refractivity contribution in [2.24, 2.45) is 5.92 Å².